The summed E-state index contributed by atoms with van der Waals surface area (Å²) in [5.74, 6) is -0.239. The van der Waals surface area contributed by atoms with Crippen LogP contribution in [0.2, 0.25) is 10.0 Å². The Balaban J connectivity index is 2.05. The van der Waals surface area contributed by atoms with Crippen LogP contribution in [0.5, 0.6) is 0 Å². The highest BCUT2D eigenvalue weighted by molar-refractivity contribution is 6.42. The fraction of sp³-hybridized carbons (Fsp3) is 0.278. The lowest BCUT2D eigenvalue weighted by molar-refractivity contribution is 0.0947. The van der Waals surface area contributed by atoms with E-state index in [-0.39, 0.29) is 17.3 Å². The number of hydrogen-bond donors (Lipinski definition) is 2. The van der Waals surface area contributed by atoms with Crippen molar-refractivity contribution in [1.82, 2.24) is 10.3 Å². The van der Waals surface area contributed by atoms with Gasteiger partial charge in [-0.2, -0.15) is 0 Å². The molecular weight excluding hydrogens is 361 g/mol. The average Bonchev–Trinajstić information content (AvgIpc) is 2.58. The van der Waals surface area contributed by atoms with Crippen LogP contribution in [-0.4, -0.2) is 23.3 Å². The minimum atomic E-state index is -0.435. The lowest BCUT2D eigenvalue weighted by atomic mass is 10.1. The fourth-order valence-electron chi connectivity index (χ4n) is 2.02. The molecule has 0 bridgehead atoms. The number of pyridine rings is 1. The van der Waals surface area contributed by atoms with Gasteiger partial charge in [0, 0.05) is 12.2 Å². The van der Waals surface area contributed by atoms with Crippen LogP contribution in [0.25, 0.3) is 0 Å². The van der Waals surface area contributed by atoms with E-state index in [4.69, 9.17) is 23.2 Å². The Labute approximate surface area is 156 Å². The van der Waals surface area contributed by atoms with E-state index in [0.717, 1.165) is 6.42 Å². The van der Waals surface area contributed by atoms with E-state index in [9.17, 15) is 9.59 Å². The summed E-state index contributed by atoms with van der Waals surface area (Å²) < 4.78 is 0. The van der Waals surface area contributed by atoms with Crippen LogP contribution in [0.3, 0.4) is 0 Å². The van der Waals surface area contributed by atoms with Crippen LogP contribution in [0, 0.1) is 5.92 Å². The number of nitrogens with zero attached hydrogens (tertiary/aromatic N) is 1. The summed E-state index contributed by atoms with van der Waals surface area (Å²) in [4.78, 5) is 28.5. The first kappa shape index (κ1) is 19.2. The van der Waals surface area contributed by atoms with Crippen LogP contribution in [-0.2, 0) is 0 Å². The van der Waals surface area contributed by atoms with Crippen LogP contribution in [0.4, 0.5) is 5.69 Å². The average molecular weight is 380 g/mol. The van der Waals surface area contributed by atoms with Crippen LogP contribution in [0.15, 0.2) is 36.4 Å². The largest absolute Gasteiger partial charge is 0.351 e. The van der Waals surface area contributed by atoms with Gasteiger partial charge in [0.15, 0.2) is 0 Å². The van der Waals surface area contributed by atoms with Crippen molar-refractivity contribution in [3.8, 4) is 0 Å². The predicted molar refractivity (Wildman–Crippen MR) is 100 cm³/mol. The Morgan fingerprint density at radius 3 is 2.36 bits per heavy atom. The molecule has 2 aromatic rings. The molecule has 0 radical (unpaired) electrons. The lowest BCUT2D eigenvalue weighted by Gasteiger charge is -2.09. The first-order valence-corrected chi connectivity index (χ1v) is 8.64. The smallest absolute Gasteiger partial charge is 0.274 e. The highest BCUT2D eigenvalue weighted by atomic mass is 35.5. The van der Waals surface area contributed by atoms with Gasteiger partial charge in [-0.25, -0.2) is 4.98 Å². The molecule has 0 unspecified atom stereocenters. The lowest BCUT2D eigenvalue weighted by Crippen LogP contribution is -2.27. The van der Waals surface area contributed by atoms with Crippen molar-refractivity contribution in [2.75, 3.05) is 11.9 Å². The number of rotatable bonds is 6. The number of nitrogens with one attached hydrogen (secondary N) is 2. The molecule has 1 aromatic carbocycles. The maximum Gasteiger partial charge on any atom is 0.274 e. The highest BCUT2D eigenvalue weighted by Gasteiger charge is 2.13. The molecule has 0 atom stereocenters. The Kier molecular flexibility index (Phi) is 6.79. The van der Waals surface area contributed by atoms with Gasteiger partial charge in [-0.1, -0.05) is 43.1 Å². The second kappa shape index (κ2) is 8.83. The zero-order valence-electron chi connectivity index (χ0n) is 14.0. The second-order valence-electron chi connectivity index (χ2n) is 5.93. The van der Waals surface area contributed by atoms with E-state index in [0.29, 0.717) is 28.2 Å². The third-order valence-corrected chi connectivity index (χ3v) is 4.14. The summed E-state index contributed by atoms with van der Waals surface area (Å²) in [6.45, 7) is 4.73. The Morgan fingerprint density at radius 1 is 1.04 bits per heavy atom. The first-order chi connectivity index (χ1) is 11.9. The summed E-state index contributed by atoms with van der Waals surface area (Å²) in [7, 11) is 0. The number of halogens is 2. The minimum absolute atomic E-state index is 0.141. The monoisotopic (exact) mass is 379 g/mol. The van der Waals surface area contributed by atoms with Gasteiger partial charge in [0.25, 0.3) is 11.8 Å². The van der Waals surface area contributed by atoms with Crippen LogP contribution in [0.1, 0.15) is 41.2 Å². The summed E-state index contributed by atoms with van der Waals surface area (Å²) in [5.41, 5.74) is 0.834. The molecule has 2 N–H and O–H groups in total. The molecule has 0 aliphatic rings. The molecule has 1 aromatic heterocycles. The van der Waals surface area contributed by atoms with Crippen LogP contribution >= 0.6 is 23.2 Å². The standard InChI is InChI=1S/C18H19Cl2N3O2/c1-11(2)8-9-21-17(24)15-4-3-5-16(23-15)18(25)22-12-6-7-13(19)14(20)10-12/h3-7,10-11H,8-9H2,1-2H3,(H,21,24)(H,22,25). The molecule has 0 saturated carbocycles. The zero-order chi connectivity index (χ0) is 18.4. The zero-order valence-corrected chi connectivity index (χ0v) is 15.5. The van der Waals surface area contributed by atoms with Crippen LogP contribution < -0.4 is 10.6 Å². The number of benzene rings is 1. The number of hydrogen-bond acceptors (Lipinski definition) is 3. The highest BCUT2D eigenvalue weighted by Crippen LogP contribution is 2.25. The summed E-state index contributed by atoms with van der Waals surface area (Å²) in [6.07, 6.45) is 0.878. The van der Waals surface area contributed by atoms with Crippen molar-refractivity contribution in [1.29, 1.82) is 0 Å². The molecule has 0 spiro atoms. The summed E-state index contributed by atoms with van der Waals surface area (Å²) in [5, 5.41) is 6.21. The topological polar surface area (TPSA) is 71.1 Å². The quantitative estimate of drug-likeness (QED) is 0.780. The van der Waals surface area contributed by atoms with Gasteiger partial charge < -0.3 is 10.6 Å². The SMILES string of the molecule is CC(C)CCNC(=O)c1cccc(C(=O)Nc2ccc(Cl)c(Cl)c2)n1. The van der Waals surface area contributed by atoms with Crippen molar-refractivity contribution in [2.24, 2.45) is 5.92 Å². The van der Waals surface area contributed by atoms with Crippen molar-refractivity contribution in [2.45, 2.75) is 20.3 Å². The number of aromatic nitrogens is 1. The fourth-order valence-corrected chi connectivity index (χ4v) is 2.32. The van der Waals surface area contributed by atoms with Crippen molar-refractivity contribution in [3.05, 3.63) is 57.8 Å². The van der Waals surface area contributed by atoms with Gasteiger partial charge in [0.1, 0.15) is 11.4 Å². The third kappa shape index (κ3) is 5.73. The van der Waals surface area contributed by atoms with Crippen molar-refractivity contribution >= 4 is 40.7 Å². The first-order valence-electron chi connectivity index (χ1n) is 7.88. The summed E-state index contributed by atoms with van der Waals surface area (Å²) in [6, 6.07) is 9.50. The van der Waals surface area contributed by atoms with Gasteiger partial charge in [0.2, 0.25) is 0 Å². The number of amides is 2. The molecule has 2 amide bonds. The molecular formula is C18H19Cl2N3O2. The molecule has 5 nitrogen and oxygen atoms in total. The van der Waals surface area contributed by atoms with E-state index in [1.54, 1.807) is 30.3 Å². The maximum absolute atomic E-state index is 12.3. The van der Waals surface area contributed by atoms with E-state index < -0.39 is 5.91 Å². The van der Waals surface area contributed by atoms with E-state index in [1.807, 2.05) is 0 Å². The van der Waals surface area contributed by atoms with E-state index in [2.05, 4.69) is 29.5 Å². The third-order valence-electron chi connectivity index (χ3n) is 3.40. The van der Waals surface area contributed by atoms with Gasteiger partial charge >= 0.3 is 0 Å². The number of anilines is 1. The van der Waals surface area contributed by atoms with Crippen molar-refractivity contribution < 1.29 is 9.59 Å². The maximum atomic E-state index is 12.3. The Bertz CT molecular complexity index is 779. The van der Waals surface area contributed by atoms with E-state index >= 15 is 0 Å². The number of carbonyl (C=O) groups excluding carboxylic acids is 2. The van der Waals surface area contributed by atoms with Gasteiger partial charge in [-0.15, -0.1) is 0 Å². The molecule has 25 heavy (non-hydrogen) atoms. The molecule has 0 fully saturated rings. The number of carbonyl (C=O) groups is 2. The molecule has 7 heteroatoms. The summed E-state index contributed by atoms with van der Waals surface area (Å²) >= 11 is 11.8. The van der Waals surface area contributed by atoms with E-state index in [1.165, 1.54) is 6.07 Å². The molecule has 0 aliphatic carbocycles. The van der Waals surface area contributed by atoms with Gasteiger partial charge in [0.05, 0.1) is 10.0 Å². The predicted octanol–water partition coefficient (Wildman–Crippen LogP) is 4.42. The molecule has 2 rings (SSSR count). The molecule has 0 saturated heterocycles. The second-order valence-corrected chi connectivity index (χ2v) is 6.74. The van der Waals surface area contributed by atoms with Gasteiger partial charge in [-0.05, 0) is 42.7 Å². The van der Waals surface area contributed by atoms with Crippen molar-refractivity contribution in [3.63, 3.8) is 0 Å². The Morgan fingerprint density at radius 2 is 1.72 bits per heavy atom. The molecule has 132 valence electrons. The minimum Gasteiger partial charge on any atom is -0.351 e. The normalized spacial score (nSPS) is 10.6. The molecule has 1 heterocycles. The van der Waals surface area contributed by atoms with Gasteiger partial charge in [-0.3, -0.25) is 9.59 Å². The Hall–Kier alpha value is -2.11. The molecule has 0 aliphatic heterocycles.